The molecule has 0 amide bonds. The van der Waals surface area contributed by atoms with Crippen LogP contribution in [0.2, 0.25) is 0 Å². The van der Waals surface area contributed by atoms with E-state index in [9.17, 15) is 0 Å². The van der Waals surface area contributed by atoms with Crippen molar-refractivity contribution < 1.29 is 4.42 Å². The first-order valence-electron chi connectivity index (χ1n) is 16.9. The van der Waals surface area contributed by atoms with Gasteiger partial charge in [0.2, 0.25) is 0 Å². The Balaban J connectivity index is 1.18. The number of thiophene rings is 1. The molecule has 0 saturated carbocycles. The zero-order chi connectivity index (χ0) is 33.5. The maximum Gasteiger partial charge on any atom is 0.164 e. The maximum absolute atomic E-state index is 6.32. The molecular weight excluding hydrogens is 645 g/mol. The zero-order valence-electron chi connectivity index (χ0n) is 27.1. The molecule has 238 valence electrons. The Morgan fingerprint density at radius 1 is 0.431 bits per heavy atom. The molecule has 7 aromatic carbocycles. The Bertz CT molecular complexity index is 3080. The predicted molar refractivity (Wildman–Crippen MR) is 211 cm³/mol. The van der Waals surface area contributed by atoms with Crippen LogP contribution in [0.4, 0.5) is 0 Å². The normalized spacial score (nSPS) is 11.9. The fraction of sp³-hybridized carbons (Fsp3) is 0. The number of para-hydroxylation sites is 2. The first kappa shape index (κ1) is 28.2. The van der Waals surface area contributed by atoms with Crippen molar-refractivity contribution >= 4 is 75.3 Å². The van der Waals surface area contributed by atoms with E-state index in [1.54, 1.807) is 11.3 Å². The van der Waals surface area contributed by atoms with E-state index >= 15 is 0 Å². The summed E-state index contributed by atoms with van der Waals surface area (Å²) in [6.07, 6.45) is 0. The van der Waals surface area contributed by atoms with Gasteiger partial charge in [0.05, 0.1) is 11.0 Å². The summed E-state index contributed by atoms with van der Waals surface area (Å²) in [5.74, 6) is 1.96. The van der Waals surface area contributed by atoms with E-state index < -0.39 is 0 Å². The molecule has 4 aromatic heterocycles. The molecule has 0 fully saturated rings. The lowest BCUT2D eigenvalue weighted by molar-refractivity contribution is 0.669. The minimum Gasteiger partial charge on any atom is -0.456 e. The topological polar surface area (TPSA) is 56.7 Å². The summed E-state index contributed by atoms with van der Waals surface area (Å²) < 4.78 is 11.1. The van der Waals surface area contributed by atoms with E-state index in [4.69, 9.17) is 19.4 Å². The Morgan fingerprint density at radius 2 is 1.12 bits per heavy atom. The number of hydrogen-bond donors (Lipinski definition) is 0. The maximum atomic E-state index is 6.32. The van der Waals surface area contributed by atoms with E-state index in [-0.39, 0.29) is 0 Å². The average Bonchev–Trinajstić information content (AvgIpc) is 3.87. The molecule has 0 aliphatic heterocycles. The van der Waals surface area contributed by atoms with Crippen molar-refractivity contribution in [3.05, 3.63) is 158 Å². The minimum atomic E-state index is 0.653. The van der Waals surface area contributed by atoms with Crippen LogP contribution in [-0.2, 0) is 0 Å². The SMILES string of the molecule is c1ccc(-c2nc(-c3ccccc3)nc(-c3cccc4sc5ccc(-n6c7ccccc7c7c8c(ccc76)oc6ccccc68)cc5c34)n2)cc1. The number of nitrogens with zero attached hydrogens (tertiary/aromatic N) is 4. The smallest absolute Gasteiger partial charge is 0.164 e. The summed E-state index contributed by atoms with van der Waals surface area (Å²) in [5.41, 5.74) is 8.09. The molecule has 0 N–H and O–H groups in total. The second kappa shape index (κ2) is 10.9. The first-order valence-corrected chi connectivity index (χ1v) is 17.8. The van der Waals surface area contributed by atoms with Crippen LogP contribution in [0.3, 0.4) is 0 Å². The van der Waals surface area contributed by atoms with Crippen LogP contribution >= 0.6 is 11.3 Å². The van der Waals surface area contributed by atoms with Crippen LogP contribution in [0.5, 0.6) is 0 Å². The number of rotatable bonds is 4. The third-order valence-corrected chi connectivity index (χ3v) is 11.0. The van der Waals surface area contributed by atoms with Gasteiger partial charge in [0.1, 0.15) is 11.2 Å². The highest BCUT2D eigenvalue weighted by Crippen LogP contribution is 2.44. The van der Waals surface area contributed by atoms with Gasteiger partial charge in [0.25, 0.3) is 0 Å². The molecule has 0 spiro atoms. The van der Waals surface area contributed by atoms with E-state index in [0.29, 0.717) is 17.5 Å². The molecule has 51 heavy (non-hydrogen) atoms. The van der Waals surface area contributed by atoms with Crippen LogP contribution < -0.4 is 0 Å². The van der Waals surface area contributed by atoms with E-state index in [1.807, 2.05) is 72.8 Å². The van der Waals surface area contributed by atoms with Crippen LogP contribution in [0.1, 0.15) is 0 Å². The number of furan rings is 1. The van der Waals surface area contributed by atoms with Crippen molar-refractivity contribution in [2.24, 2.45) is 0 Å². The molecule has 0 saturated heterocycles. The first-order chi connectivity index (χ1) is 25.3. The van der Waals surface area contributed by atoms with Crippen molar-refractivity contribution in [3.63, 3.8) is 0 Å². The molecule has 5 nitrogen and oxygen atoms in total. The van der Waals surface area contributed by atoms with Gasteiger partial charge in [-0.15, -0.1) is 11.3 Å². The Hall–Kier alpha value is -6.63. The molecular formula is C45H26N4OS. The Morgan fingerprint density at radius 3 is 1.90 bits per heavy atom. The third-order valence-electron chi connectivity index (χ3n) is 9.85. The summed E-state index contributed by atoms with van der Waals surface area (Å²) in [6, 6.07) is 54.9. The second-order valence-electron chi connectivity index (χ2n) is 12.8. The average molecular weight is 671 g/mol. The summed E-state index contributed by atoms with van der Waals surface area (Å²) in [5, 5.41) is 7.01. The van der Waals surface area contributed by atoms with E-state index in [0.717, 1.165) is 60.7 Å². The molecule has 0 aliphatic rings. The van der Waals surface area contributed by atoms with Crippen molar-refractivity contribution in [3.8, 4) is 39.9 Å². The molecule has 0 aliphatic carbocycles. The summed E-state index contributed by atoms with van der Waals surface area (Å²) >= 11 is 1.80. The van der Waals surface area contributed by atoms with Crippen molar-refractivity contribution in [2.75, 3.05) is 0 Å². The second-order valence-corrected chi connectivity index (χ2v) is 13.9. The number of hydrogen-bond acceptors (Lipinski definition) is 5. The molecule has 4 heterocycles. The van der Waals surface area contributed by atoms with E-state index in [1.165, 1.54) is 25.6 Å². The van der Waals surface area contributed by atoms with Gasteiger partial charge in [0, 0.05) is 64.1 Å². The lowest BCUT2D eigenvalue weighted by atomic mass is 10.0. The van der Waals surface area contributed by atoms with Crippen molar-refractivity contribution in [1.29, 1.82) is 0 Å². The van der Waals surface area contributed by atoms with Crippen LogP contribution in [0, 0.1) is 0 Å². The fourth-order valence-corrected chi connectivity index (χ4v) is 8.73. The standard InChI is InChI=1S/C45H26N4OS/c1-3-12-27(13-4-1)43-46-44(28-14-5-2-6-15-28)48-45(47-43)32-18-11-21-39-40(32)33-26-29(22-25-38(33)51-39)49-34-19-9-7-16-30(34)41-35(49)23-24-37-42(41)31-17-8-10-20-36(31)50-37/h1-26H. The van der Waals surface area contributed by atoms with Gasteiger partial charge in [-0.2, -0.15) is 0 Å². The third kappa shape index (κ3) is 4.30. The lowest BCUT2D eigenvalue weighted by Crippen LogP contribution is -2.00. The molecule has 0 atom stereocenters. The fourth-order valence-electron chi connectivity index (χ4n) is 7.62. The molecule has 0 unspecified atom stereocenters. The lowest BCUT2D eigenvalue weighted by Gasteiger charge is -2.10. The Labute approximate surface area is 295 Å². The molecule has 0 radical (unpaired) electrons. The highest BCUT2D eigenvalue weighted by atomic mass is 32.1. The predicted octanol–water partition coefficient (Wildman–Crippen LogP) is 12.2. The summed E-state index contributed by atoms with van der Waals surface area (Å²) in [4.78, 5) is 15.2. The number of benzene rings is 7. The quantitative estimate of drug-likeness (QED) is 0.187. The molecule has 11 aromatic rings. The van der Waals surface area contributed by atoms with Gasteiger partial charge < -0.3 is 8.98 Å². The van der Waals surface area contributed by atoms with Gasteiger partial charge >= 0.3 is 0 Å². The summed E-state index contributed by atoms with van der Waals surface area (Å²) in [7, 11) is 0. The van der Waals surface area contributed by atoms with Crippen LogP contribution in [-0.4, -0.2) is 19.5 Å². The van der Waals surface area contributed by atoms with E-state index in [2.05, 4.69) is 89.5 Å². The minimum absolute atomic E-state index is 0.653. The highest BCUT2D eigenvalue weighted by molar-refractivity contribution is 7.26. The largest absolute Gasteiger partial charge is 0.456 e. The molecule has 0 bridgehead atoms. The van der Waals surface area contributed by atoms with Crippen LogP contribution in [0.15, 0.2) is 162 Å². The Kier molecular flexibility index (Phi) is 6.05. The monoisotopic (exact) mass is 670 g/mol. The van der Waals surface area contributed by atoms with Gasteiger partial charge in [-0.25, -0.2) is 15.0 Å². The van der Waals surface area contributed by atoms with Gasteiger partial charge in [-0.1, -0.05) is 109 Å². The van der Waals surface area contributed by atoms with Gasteiger partial charge in [-0.3, -0.25) is 0 Å². The summed E-state index contributed by atoms with van der Waals surface area (Å²) in [6.45, 7) is 0. The zero-order valence-corrected chi connectivity index (χ0v) is 27.9. The number of fused-ring (bicyclic) bond motifs is 10. The molecule has 6 heteroatoms. The molecule has 11 rings (SSSR count). The number of aromatic nitrogens is 4. The van der Waals surface area contributed by atoms with Crippen molar-refractivity contribution in [2.45, 2.75) is 0 Å². The van der Waals surface area contributed by atoms with Gasteiger partial charge in [0.15, 0.2) is 17.5 Å². The van der Waals surface area contributed by atoms with Crippen LogP contribution in [0.25, 0.3) is 104 Å². The highest BCUT2D eigenvalue weighted by Gasteiger charge is 2.21. The van der Waals surface area contributed by atoms with Crippen molar-refractivity contribution in [1.82, 2.24) is 19.5 Å². The van der Waals surface area contributed by atoms with Gasteiger partial charge in [-0.05, 0) is 48.5 Å².